The van der Waals surface area contributed by atoms with E-state index in [0.29, 0.717) is 12.1 Å². The van der Waals surface area contributed by atoms with Crippen molar-refractivity contribution in [3.8, 4) is 0 Å². The molecule has 1 fully saturated rings. The number of hydrogen-bond acceptors (Lipinski definition) is 5. The molecule has 1 amide bonds. The molecular formula is C17H21N3O4. The average Bonchev–Trinajstić information content (AvgIpc) is 2.59. The van der Waals surface area contributed by atoms with Crippen LogP contribution in [0.1, 0.15) is 17.7 Å². The van der Waals surface area contributed by atoms with E-state index < -0.39 is 5.97 Å². The number of carboxylic acids is 1. The average molecular weight is 331 g/mol. The number of ether oxygens (including phenoxy) is 1. The molecule has 1 aromatic rings. The lowest BCUT2D eigenvalue weighted by atomic mass is 9.91. The molecule has 0 bridgehead atoms. The van der Waals surface area contributed by atoms with Crippen molar-refractivity contribution >= 4 is 23.6 Å². The third kappa shape index (κ3) is 4.18. The topological polar surface area (TPSA) is 91.8 Å². The molecule has 3 rings (SSSR count). The molecule has 1 saturated heterocycles. The molecule has 0 radical (unpaired) electrons. The van der Waals surface area contributed by atoms with Gasteiger partial charge in [-0.15, -0.1) is 0 Å². The van der Waals surface area contributed by atoms with Gasteiger partial charge in [0.25, 0.3) is 0 Å². The second-order valence-electron chi connectivity index (χ2n) is 6.07. The Labute approximate surface area is 140 Å². The molecule has 7 heteroatoms. The van der Waals surface area contributed by atoms with E-state index in [-0.39, 0.29) is 11.8 Å². The summed E-state index contributed by atoms with van der Waals surface area (Å²) in [6, 6.07) is 1.84. The van der Waals surface area contributed by atoms with Gasteiger partial charge in [0.15, 0.2) is 0 Å². The molecule has 0 saturated carbocycles. The number of carbonyl (C=O) groups excluding carboxylic acids is 1. The van der Waals surface area contributed by atoms with Crippen LogP contribution in [0.15, 0.2) is 18.3 Å². The maximum absolute atomic E-state index is 12.3. The minimum Gasteiger partial charge on any atom is -0.478 e. The van der Waals surface area contributed by atoms with E-state index in [9.17, 15) is 9.59 Å². The first-order valence-corrected chi connectivity index (χ1v) is 8.13. The van der Waals surface area contributed by atoms with Crippen LogP contribution >= 0.6 is 0 Å². The number of pyridine rings is 1. The van der Waals surface area contributed by atoms with E-state index in [1.807, 2.05) is 6.07 Å². The normalized spacial score (nSPS) is 21.5. The molecule has 2 N–H and O–H groups in total. The SMILES string of the molecule is O=C(O)/C=C/c1cc2c(cn1)NC(=O)C(CCN1CCOCC1)C2. The van der Waals surface area contributed by atoms with Crippen molar-refractivity contribution in [1.82, 2.24) is 9.88 Å². The molecular weight excluding hydrogens is 310 g/mol. The molecule has 2 aliphatic rings. The Hall–Kier alpha value is -2.25. The lowest BCUT2D eigenvalue weighted by Gasteiger charge is -2.30. The smallest absolute Gasteiger partial charge is 0.328 e. The van der Waals surface area contributed by atoms with Gasteiger partial charge in [-0.3, -0.25) is 14.7 Å². The van der Waals surface area contributed by atoms with Gasteiger partial charge in [-0.2, -0.15) is 0 Å². The van der Waals surface area contributed by atoms with Gasteiger partial charge in [0, 0.05) is 25.1 Å². The van der Waals surface area contributed by atoms with Crippen LogP contribution < -0.4 is 5.32 Å². The van der Waals surface area contributed by atoms with Gasteiger partial charge >= 0.3 is 5.97 Å². The van der Waals surface area contributed by atoms with Gasteiger partial charge in [0.2, 0.25) is 5.91 Å². The van der Waals surface area contributed by atoms with Crippen molar-refractivity contribution in [2.75, 3.05) is 38.2 Å². The molecule has 2 aliphatic heterocycles. The fourth-order valence-corrected chi connectivity index (χ4v) is 3.03. The molecule has 0 aliphatic carbocycles. The van der Waals surface area contributed by atoms with Crippen molar-refractivity contribution in [2.45, 2.75) is 12.8 Å². The predicted octanol–water partition coefficient (Wildman–Crippen LogP) is 1.01. The number of aliphatic carboxylic acids is 1. The van der Waals surface area contributed by atoms with Crippen LogP contribution in [0.25, 0.3) is 6.08 Å². The van der Waals surface area contributed by atoms with Crippen molar-refractivity contribution in [3.63, 3.8) is 0 Å². The number of hydrogen-bond donors (Lipinski definition) is 2. The number of aromatic nitrogens is 1. The van der Waals surface area contributed by atoms with Crippen molar-refractivity contribution in [3.05, 3.63) is 29.6 Å². The van der Waals surface area contributed by atoms with Crippen molar-refractivity contribution < 1.29 is 19.4 Å². The summed E-state index contributed by atoms with van der Waals surface area (Å²) in [4.78, 5) is 29.3. The van der Waals surface area contributed by atoms with E-state index in [2.05, 4.69) is 15.2 Å². The zero-order valence-electron chi connectivity index (χ0n) is 13.4. The van der Waals surface area contributed by atoms with Crippen molar-refractivity contribution in [2.24, 2.45) is 5.92 Å². The van der Waals surface area contributed by atoms with E-state index in [1.54, 1.807) is 6.20 Å². The summed E-state index contributed by atoms with van der Waals surface area (Å²) in [6.45, 7) is 4.22. The van der Waals surface area contributed by atoms with Gasteiger partial charge in [0.05, 0.1) is 30.8 Å². The number of anilines is 1. The Morgan fingerprint density at radius 1 is 1.46 bits per heavy atom. The van der Waals surface area contributed by atoms with Gasteiger partial charge in [-0.25, -0.2) is 4.79 Å². The van der Waals surface area contributed by atoms with Gasteiger partial charge < -0.3 is 15.2 Å². The maximum Gasteiger partial charge on any atom is 0.328 e. The second-order valence-corrected chi connectivity index (χ2v) is 6.07. The molecule has 1 atom stereocenters. The zero-order valence-corrected chi connectivity index (χ0v) is 13.4. The predicted molar refractivity (Wildman–Crippen MR) is 88.6 cm³/mol. The number of amides is 1. The third-order valence-corrected chi connectivity index (χ3v) is 4.40. The summed E-state index contributed by atoms with van der Waals surface area (Å²) < 4.78 is 5.34. The highest BCUT2D eigenvalue weighted by Gasteiger charge is 2.27. The first-order valence-electron chi connectivity index (χ1n) is 8.13. The first kappa shape index (κ1) is 16.6. The largest absolute Gasteiger partial charge is 0.478 e. The summed E-state index contributed by atoms with van der Waals surface area (Å²) in [5.41, 5.74) is 2.30. The monoisotopic (exact) mass is 331 g/mol. The Morgan fingerprint density at radius 2 is 2.25 bits per heavy atom. The fraction of sp³-hybridized carbons (Fsp3) is 0.471. The van der Waals surface area contributed by atoms with Crippen LogP contribution in [0.5, 0.6) is 0 Å². The Morgan fingerprint density at radius 3 is 3.00 bits per heavy atom. The molecule has 7 nitrogen and oxygen atoms in total. The van der Waals surface area contributed by atoms with Crippen LogP contribution in [-0.2, 0) is 20.7 Å². The molecule has 24 heavy (non-hydrogen) atoms. The van der Waals surface area contributed by atoms with Gasteiger partial charge in [-0.1, -0.05) is 0 Å². The zero-order chi connectivity index (χ0) is 16.9. The Balaban J connectivity index is 1.64. The maximum atomic E-state index is 12.3. The fourth-order valence-electron chi connectivity index (χ4n) is 3.03. The number of nitrogens with one attached hydrogen (secondary N) is 1. The van der Waals surface area contributed by atoms with Crippen LogP contribution in [0.2, 0.25) is 0 Å². The summed E-state index contributed by atoms with van der Waals surface area (Å²) in [7, 11) is 0. The van der Waals surface area contributed by atoms with Crippen molar-refractivity contribution in [1.29, 1.82) is 0 Å². The number of fused-ring (bicyclic) bond motifs is 1. The number of carboxylic acid groups (broad SMARTS) is 1. The van der Waals surface area contributed by atoms with Crippen LogP contribution in [-0.4, -0.2) is 59.7 Å². The minimum absolute atomic E-state index is 0.0337. The standard InChI is InChI=1S/C17H21N3O4/c21-16(22)2-1-14-10-13-9-12(17(23)19-15(13)11-18-14)3-4-20-5-7-24-8-6-20/h1-2,10-12H,3-9H2,(H,19,23)(H,21,22)/b2-1+. The highest BCUT2D eigenvalue weighted by atomic mass is 16.5. The molecule has 3 heterocycles. The number of morpholine rings is 1. The van der Waals surface area contributed by atoms with Crippen LogP contribution in [0.4, 0.5) is 5.69 Å². The van der Waals surface area contributed by atoms with E-state index in [1.165, 1.54) is 6.08 Å². The third-order valence-electron chi connectivity index (χ3n) is 4.40. The van der Waals surface area contributed by atoms with Gasteiger partial charge in [-0.05, 0) is 37.1 Å². The molecule has 0 spiro atoms. The van der Waals surface area contributed by atoms with Gasteiger partial charge in [0.1, 0.15) is 0 Å². The summed E-state index contributed by atoms with van der Waals surface area (Å²) >= 11 is 0. The van der Waals surface area contributed by atoms with E-state index in [0.717, 1.165) is 56.6 Å². The summed E-state index contributed by atoms with van der Waals surface area (Å²) in [5.74, 6) is -1.04. The quantitative estimate of drug-likeness (QED) is 0.783. The highest BCUT2D eigenvalue weighted by molar-refractivity contribution is 5.95. The second kappa shape index (κ2) is 7.55. The van der Waals surface area contributed by atoms with Crippen LogP contribution in [0, 0.1) is 5.92 Å². The highest BCUT2D eigenvalue weighted by Crippen LogP contribution is 2.27. The Bertz CT molecular complexity index is 653. The number of nitrogens with zero attached hydrogens (tertiary/aromatic N) is 2. The molecule has 0 aromatic carbocycles. The molecule has 128 valence electrons. The molecule has 1 aromatic heterocycles. The lowest BCUT2D eigenvalue weighted by molar-refractivity contribution is -0.131. The summed E-state index contributed by atoms with van der Waals surface area (Å²) in [6.07, 6.45) is 5.57. The Kier molecular flexibility index (Phi) is 5.22. The summed E-state index contributed by atoms with van der Waals surface area (Å²) in [5, 5.41) is 11.6. The molecule has 1 unspecified atom stereocenters. The lowest BCUT2D eigenvalue weighted by Crippen LogP contribution is -2.39. The minimum atomic E-state index is -1.01. The number of rotatable bonds is 5. The van der Waals surface area contributed by atoms with E-state index >= 15 is 0 Å². The van der Waals surface area contributed by atoms with E-state index in [4.69, 9.17) is 9.84 Å². The first-order chi connectivity index (χ1) is 11.6. The number of carbonyl (C=O) groups is 2. The van der Waals surface area contributed by atoms with Crippen LogP contribution in [0.3, 0.4) is 0 Å².